The number of thiophene rings is 2. The van der Waals surface area contributed by atoms with Gasteiger partial charge in [-0.3, -0.25) is 4.72 Å². The van der Waals surface area contributed by atoms with E-state index in [9.17, 15) is 13.2 Å². The maximum Gasteiger partial charge on any atom is 0.345 e. The van der Waals surface area contributed by atoms with Crippen molar-refractivity contribution in [2.75, 3.05) is 4.72 Å². The lowest BCUT2D eigenvalue weighted by molar-refractivity contribution is 0.0702. The van der Waals surface area contributed by atoms with Crippen LogP contribution >= 0.6 is 22.7 Å². The molecule has 0 spiro atoms. The number of carbonyl (C=O) groups is 1. The minimum absolute atomic E-state index is 0.0467. The van der Waals surface area contributed by atoms with E-state index in [0.717, 1.165) is 28.7 Å². The van der Waals surface area contributed by atoms with Gasteiger partial charge < -0.3 is 5.11 Å². The molecule has 0 fully saturated rings. The fourth-order valence-electron chi connectivity index (χ4n) is 1.49. The zero-order valence-electron chi connectivity index (χ0n) is 10.1. The number of hydrogen-bond donors (Lipinski definition) is 2. The van der Waals surface area contributed by atoms with Crippen LogP contribution < -0.4 is 4.72 Å². The number of nitriles is 1. The topological polar surface area (TPSA) is 107 Å². The van der Waals surface area contributed by atoms with Crippen LogP contribution in [0.4, 0.5) is 5.00 Å². The second-order valence-electron chi connectivity index (χ2n) is 3.72. The van der Waals surface area contributed by atoms with E-state index in [1.807, 2.05) is 6.07 Å². The Morgan fingerprint density at radius 3 is 2.75 bits per heavy atom. The lowest BCUT2D eigenvalue weighted by Crippen LogP contribution is -2.13. The molecule has 2 rings (SSSR count). The molecule has 0 amide bonds. The summed E-state index contributed by atoms with van der Waals surface area (Å²) >= 11 is 1.98. The summed E-state index contributed by atoms with van der Waals surface area (Å²) in [5, 5.41) is 19.5. The molecule has 0 bridgehead atoms. The number of nitrogens with zero attached hydrogens (tertiary/aromatic N) is 1. The predicted molar refractivity (Wildman–Crippen MR) is 75.9 cm³/mol. The summed E-state index contributed by atoms with van der Waals surface area (Å²) in [6.45, 7) is 1.53. The Hall–Kier alpha value is -1.89. The van der Waals surface area contributed by atoms with Crippen LogP contribution in [0.15, 0.2) is 22.4 Å². The van der Waals surface area contributed by atoms with Crippen LogP contribution in [0.3, 0.4) is 0 Å². The molecule has 0 radical (unpaired) electrons. The zero-order chi connectivity index (χ0) is 14.9. The third-order valence-corrected chi connectivity index (χ3v) is 5.99. The van der Waals surface area contributed by atoms with E-state index in [2.05, 4.69) is 4.72 Å². The van der Waals surface area contributed by atoms with Crippen LogP contribution in [0.5, 0.6) is 0 Å². The van der Waals surface area contributed by atoms with Crippen LogP contribution in [0.1, 0.15) is 20.1 Å². The minimum atomic E-state index is -3.90. The first-order chi connectivity index (χ1) is 9.35. The van der Waals surface area contributed by atoms with Gasteiger partial charge in [-0.15, -0.1) is 22.7 Å². The molecule has 0 saturated heterocycles. The Bertz CT molecular complexity index is 811. The Kier molecular flexibility index (Phi) is 3.80. The maximum atomic E-state index is 12.2. The van der Waals surface area contributed by atoms with Crippen LogP contribution in [-0.4, -0.2) is 19.5 Å². The smallest absolute Gasteiger partial charge is 0.345 e. The van der Waals surface area contributed by atoms with Crippen molar-refractivity contribution in [3.8, 4) is 6.07 Å². The molecule has 2 aromatic heterocycles. The highest BCUT2D eigenvalue weighted by molar-refractivity contribution is 7.93. The third kappa shape index (κ3) is 2.67. The molecule has 2 aromatic rings. The molecular formula is C11H8N2O4S3. The lowest BCUT2D eigenvalue weighted by atomic mass is 10.4. The van der Waals surface area contributed by atoms with Gasteiger partial charge in [-0.05, 0) is 24.4 Å². The molecule has 104 valence electrons. The van der Waals surface area contributed by atoms with Crippen molar-refractivity contribution in [1.29, 1.82) is 5.26 Å². The number of aryl methyl sites for hydroxylation is 1. The summed E-state index contributed by atoms with van der Waals surface area (Å²) in [6, 6.07) is 4.50. The minimum Gasteiger partial charge on any atom is -0.477 e. The van der Waals surface area contributed by atoms with Gasteiger partial charge in [-0.2, -0.15) is 5.26 Å². The van der Waals surface area contributed by atoms with E-state index in [1.165, 1.54) is 13.0 Å². The van der Waals surface area contributed by atoms with Gasteiger partial charge in [0.1, 0.15) is 20.8 Å². The molecule has 0 aliphatic carbocycles. The summed E-state index contributed by atoms with van der Waals surface area (Å²) in [4.78, 5) is 11.1. The average molecular weight is 328 g/mol. The van der Waals surface area contributed by atoms with Crippen LogP contribution in [-0.2, 0) is 10.0 Å². The first-order valence-electron chi connectivity index (χ1n) is 5.19. The Balaban J connectivity index is 2.41. The molecule has 0 aliphatic rings. The van der Waals surface area contributed by atoms with Gasteiger partial charge in [0.05, 0.1) is 5.56 Å². The van der Waals surface area contributed by atoms with Gasteiger partial charge in [-0.1, -0.05) is 0 Å². The Morgan fingerprint density at radius 1 is 1.50 bits per heavy atom. The van der Waals surface area contributed by atoms with E-state index in [-0.39, 0.29) is 20.3 Å². The fraction of sp³-hybridized carbons (Fsp3) is 0.0909. The number of anilines is 1. The maximum absolute atomic E-state index is 12.2. The van der Waals surface area contributed by atoms with E-state index < -0.39 is 16.0 Å². The number of sulfonamides is 1. The second-order valence-corrected chi connectivity index (χ2v) is 7.54. The van der Waals surface area contributed by atoms with Crippen molar-refractivity contribution in [2.24, 2.45) is 0 Å². The third-order valence-electron chi connectivity index (χ3n) is 2.39. The van der Waals surface area contributed by atoms with Crippen LogP contribution in [0.2, 0.25) is 0 Å². The number of nitrogens with one attached hydrogen (secondary N) is 1. The van der Waals surface area contributed by atoms with Crippen LogP contribution in [0.25, 0.3) is 0 Å². The Labute approximate surface area is 123 Å². The molecule has 0 unspecified atom stereocenters. The number of hydrogen-bond acceptors (Lipinski definition) is 6. The highest BCUT2D eigenvalue weighted by atomic mass is 32.2. The molecule has 2 N–H and O–H groups in total. The van der Waals surface area contributed by atoms with E-state index in [1.54, 1.807) is 5.38 Å². The van der Waals surface area contributed by atoms with Crippen molar-refractivity contribution in [3.05, 3.63) is 32.8 Å². The summed E-state index contributed by atoms with van der Waals surface area (Å²) in [5.41, 5.74) is 0.227. The molecule has 9 heteroatoms. The van der Waals surface area contributed by atoms with Gasteiger partial charge in [0.25, 0.3) is 10.0 Å². The molecule has 20 heavy (non-hydrogen) atoms. The van der Waals surface area contributed by atoms with E-state index in [0.29, 0.717) is 4.88 Å². The molecule has 0 saturated carbocycles. The summed E-state index contributed by atoms with van der Waals surface area (Å²) in [5.74, 6) is -1.17. The van der Waals surface area contributed by atoms with Crippen molar-refractivity contribution < 1.29 is 18.3 Å². The SMILES string of the molecule is Cc1sc(C(=O)O)cc1S(=O)(=O)Nc1sccc1C#N. The first kappa shape index (κ1) is 14.5. The van der Waals surface area contributed by atoms with Gasteiger partial charge in [0.15, 0.2) is 0 Å². The molecule has 0 aromatic carbocycles. The molecule has 0 aliphatic heterocycles. The fourth-order valence-corrected chi connectivity index (χ4v) is 4.99. The van der Waals surface area contributed by atoms with Gasteiger partial charge in [0.2, 0.25) is 0 Å². The molecule has 2 heterocycles. The highest BCUT2D eigenvalue weighted by Crippen LogP contribution is 2.30. The van der Waals surface area contributed by atoms with E-state index in [4.69, 9.17) is 10.4 Å². The monoisotopic (exact) mass is 328 g/mol. The number of rotatable bonds is 4. The predicted octanol–water partition coefficient (Wildman–Crippen LogP) is 2.49. The highest BCUT2D eigenvalue weighted by Gasteiger charge is 2.23. The van der Waals surface area contributed by atoms with Crippen molar-refractivity contribution in [1.82, 2.24) is 0 Å². The standard InChI is InChI=1S/C11H8N2O4S3/c1-6-9(4-8(19-6)11(14)15)20(16,17)13-10-7(5-12)2-3-18-10/h2-4,13H,1H3,(H,14,15). The average Bonchev–Trinajstić information content (AvgIpc) is 2.95. The lowest BCUT2D eigenvalue weighted by Gasteiger charge is -2.05. The van der Waals surface area contributed by atoms with Crippen molar-refractivity contribution in [2.45, 2.75) is 11.8 Å². The number of carboxylic acid groups (broad SMARTS) is 1. The molecule has 6 nitrogen and oxygen atoms in total. The van der Waals surface area contributed by atoms with E-state index >= 15 is 0 Å². The van der Waals surface area contributed by atoms with Crippen molar-refractivity contribution in [3.63, 3.8) is 0 Å². The van der Waals surface area contributed by atoms with Gasteiger partial charge in [-0.25, -0.2) is 13.2 Å². The summed E-state index contributed by atoms with van der Waals surface area (Å²) in [6.07, 6.45) is 0. The molecular weight excluding hydrogens is 320 g/mol. The summed E-state index contributed by atoms with van der Waals surface area (Å²) < 4.78 is 26.8. The van der Waals surface area contributed by atoms with Gasteiger partial charge >= 0.3 is 5.97 Å². The van der Waals surface area contributed by atoms with Crippen molar-refractivity contribution >= 4 is 43.7 Å². The first-order valence-corrected chi connectivity index (χ1v) is 8.37. The van der Waals surface area contributed by atoms with Gasteiger partial charge in [0, 0.05) is 4.88 Å². The second kappa shape index (κ2) is 5.24. The number of carboxylic acids is 1. The number of aromatic carboxylic acids is 1. The van der Waals surface area contributed by atoms with Crippen LogP contribution in [0, 0.1) is 18.3 Å². The Morgan fingerprint density at radius 2 is 2.20 bits per heavy atom. The quantitative estimate of drug-likeness (QED) is 0.896. The summed E-state index contributed by atoms with van der Waals surface area (Å²) in [7, 11) is -3.90. The largest absolute Gasteiger partial charge is 0.477 e. The zero-order valence-corrected chi connectivity index (χ0v) is 12.5. The molecule has 0 atom stereocenters. The normalized spacial score (nSPS) is 11.0.